The Morgan fingerprint density at radius 1 is 1.04 bits per heavy atom. The van der Waals surface area contributed by atoms with Gasteiger partial charge in [0, 0.05) is 24.5 Å². The Hall–Kier alpha value is -3.26. The lowest BCUT2D eigenvalue weighted by Crippen LogP contribution is -2.12. The number of pyridine rings is 1. The van der Waals surface area contributed by atoms with Gasteiger partial charge in [0.15, 0.2) is 0 Å². The van der Waals surface area contributed by atoms with Crippen LogP contribution in [0, 0.1) is 0 Å². The maximum absolute atomic E-state index is 13.0. The van der Waals surface area contributed by atoms with Gasteiger partial charge in [0.25, 0.3) is 0 Å². The summed E-state index contributed by atoms with van der Waals surface area (Å²) in [7, 11) is 0. The van der Waals surface area contributed by atoms with E-state index in [4.69, 9.17) is 5.11 Å². The third kappa shape index (κ3) is 4.92. The molecule has 8 heteroatoms. The standard InChI is InChI=1S/C20H17F3N4O/c21-20(22,23)16-13-26-19(27-18(16)5-3-11-28)25-12-14-6-8-15(9-7-14)17-4-1-2-10-24-17/h1-10,13,28H,11-12H2,(H,25,26,27)/b5-3+. The van der Waals surface area contributed by atoms with Gasteiger partial charge in [-0.05, 0) is 23.8 Å². The van der Waals surface area contributed by atoms with Crippen molar-refractivity contribution in [2.45, 2.75) is 12.7 Å². The molecular formula is C20H17F3N4O. The minimum atomic E-state index is -4.57. The largest absolute Gasteiger partial charge is 0.419 e. The van der Waals surface area contributed by atoms with Crippen LogP contribution in [0.3, 0.4) is 0 Å². The Bertz CT molecular complexity index is 942. The fourth-order valence-electron chi connectivity index (χ4n) is 2.50. The van der Waals surface area contributed by atoms with Gasteiger partial charge >= 0.3 is 6.18 Å². The van der Waals surface area contributed by atoms with Crippen LogP contribution in [0.1, 0.15) is 16.8 Å². The molecule has 0 amide bonds. The van der Waals surface area contributed by atoms with E-state index >= 15 is 0 Å². The molecule has 0 spiro atoms. The molecule has 0 saturated heterocycles. The van der Waals surface area contributed by atoms with E-state index in [0.29, 0.717) is 6.54 Å². The molecule has 0 radical (unpaired) electrons. The second-order valence-electron chi connectivity index (χ2n) is 5.84. The van der Waals surface area contributed by atoms with E-state index in [2.05, 4.69) is 20.3 Å². The minimum absolute atomic E-state index is 0.0689. The van der Waals surface area contributed by atoms with Crippen molar-refractivity contribution in [1.82, 2.24) is 15.0 Å². The van der Waals surface area contributed by atoms with Crippen LogP contribution in [0.15, 0.2) is 60.9 Å². The molecule has 0 aliphatic rings. The number of hydrogen-bond donors (Lipinski definition) is 2. The molecule has 5 nitrogen and oxygen atoms in total. The third-order valence-electron chi connectivity index (χ3n) is 3.87. The topological polar surface area (TPSA) is 70.9 Å². The Morgan fingerprint density at radius 3 is 2.46 bits per heavy atom. The molecule has 0 aliphatic heterocycles. The molecule has 1 aromatic carbocycles. The number of rotatable bonds is 6. The number of anilines is 1. The summed E-state index contributed by atoms with van der Waals surface area (Å²) in [5.74, 6) is 0.0689. The van der Waals surface area contributed by atoms with Crippen molar-refractivity contribution in [3.8, 4) is 11.3 Å². The SMILES string of the molecule is OC/C=C/c1nc(NCc2ccc(-c3ccccn3)cc2)ncc1C(F)(F)F. The molecule has 0 aliphatic carbocycles. The zero-order valence-corrected chi connectivity index (χ0v) is 14.7. The predicted molar refractivity (Wildman–Crippen MR) is 100 cm³/mol. The molecule has 0 bridgehead atoms. The third-order valence-corrected chi connectivity index (χ3v) is 3.87. The average molecular weight is 386 g/mol. The maximum Gasteiger partial charge on any atom is 0.419 e. The first-order valence-electron chi connectivity index (χ1n) is 8.43. The van der Waals surface area contributed by atoms with E-state index in [0.717, 1.165) is 29.1 Å². The van der Waals surface area contributed by atoms with E-state index in [1.165, 1.54) is 6.08 Å². The van der Waals surface area contributed by atoms with Crippen molar-refractivity contribution in [1.29, 1.82) is 0 Å². The van der Waals surface area contributed by atoms with Crippen LogP contribution in [-0.4, -0.2) is 26.7 Å². The molecule has 0 saturated carbocycles. The zero-order valence-electron chi connectivity index (χ0n) is 14.7. The van der Waals surface area contributed by atoms with Crippen LogP contribution < -0.4 is 5.32 Å². The fraction of sp³-hybridized carbons (Fsp3) is 0.150. The molecule has 2 N–H and O–H groups in total. The Morgan fingerprint density at radius 2 is 1.82 bits per heavy atom. The van der Waals surface area contributed by atoms with Crippen LogP contribution in [0.2, 0.25) is 0 Å². The monoisotopic (exact) mass is 386 g/mol. The van der Waals surface area contributed by atoms with E-state index in [1.807, 2.05) is 42.5 Å². The number of aromatic nitrogens is 3. The summed E-state index contributed by atoms with van der Waals surface area (Å²) in [5.41, 5.74) is 1.47. The summed E-state index contributed by atoms with van der Waals surface area (Å²) in [5, 5.41) is 11.7. The van der Waals surface area contributed by atoms with Gasteiger partial charge in [0.05, 0.1) is 23.6 Å². The summed E-state index contributed by atoms with van der Waals surface area (Å²) in [6.45, 7) is -0.0380. The van der Waals surface area contributed by atoms with Crippen molar-refractivity contribution >= 4 is 12.0 Å². The summed E-state index contributed by atoms with van der Waals surface area (Å²) < 4.78 is 39.1. The molecule has 0 unspecified atom stereocenters. The molecule has 3 rings (SSSR count). The van der Waals surface area contributed by atoms with Crippen molar-refractivity contribution in [2.24, 2.45) is 0 Å². The highest BCUT2D eigenvalue weighted by atomic mass is 19.4. The van der Waals surface area contributed by atoms with Gasteiger partial charge in [-0.15, -0.1) is 0 Å². The number of aliphatic hydroxyl groups excluding tert-OH is 1. The summed E-state index contributed by atoms with van der Waals surface area (Å²) in [6, 6.07) is 13.3. The highest BCUT2D eigenvalue weighted by Gasteiger charge is 2.34. The van der Waals surface area contributed by atoms with Crippen molar-refractivity contribution in [3.63, 3.8) is 0 Å². The first-order chi connectivity index (χ1) is 13.5. The quantitative estimate of drug-likeness (QED) is 0.665. The number of alkyl halides is 3. The predicted octanol–water partition coefficient (Wildman–Crippen LogP) is 4.18. The Labute approximate surface area is 159 Å². The number of nitrogens with one attached hydrogen (secondary N) is 1. The molecule has 2 heterocycles. The van der Waals surface area contributed by atoms with Crippen LogP contribution in [0.5, 0.6) is 0 Å². The maximum atomic E-state index is 13.0. The minimum Gasteiger partial charge on any atom is -0.392 e. The average Bonchev–Trinajstić information content (AvgIpc) is 2.71. The Kier molecular flexibility index (Phi) is 6.00. The second kappa shape index (κ2) is 8.62. The molecule has 3 aromatic rings. The van der Waals surface area contributed by atoms with Gasteiger partial charge in [0.2, 0.25) is 5.95 Å². The van der Waals surface area contributed by atoms with Crippen LogP contribution in [-0.2, 0) is 12.7 Å². The number of hydrogen-bond acceptors (Lipinski definition) is 5. The first kappa shape index (κ1) is 19.5. The van der Waals surface area contributed by atoms with E-state index in [-0.39, 0.29) is 18.2 Å². The highest BCUT2D eigenvalue weighted by Crippen LogP contribution is 2.31. The van der Waals surface area contributed by atoms with Gasteiger partial charge in [0.1, 0.15) is 0 Å². The lowest BCUT2D eigenvalue weighted by molar-refractivity contribution is -0.138. The Balaban J connectivity index is 1.73. The smallest absolute Gasteiger partial charge is 0.392 e. The van der Waals surface area contributed by atoms with E-state index in [9.17, 15) is 13.2 Å². The lowest BCUT2D eigenvalue weighted by atomic mass is 10.1. The summed E-state index contributed by atoms with van der Waals surface area (Å²) >= 11 is 0. The van der Waals surface area contributed by atoms with Crippen molar-refractivity contribution in [3.05, 3.63) is 77.8 Å². The van der Waals surface area contributed by atoms with Crippen molar-refractivity contribution < 1.29 is 18.3 Å². The molecule has 144 valence electrons. The van der Waals surface area contributed by atoms with Gasteiger partial charge in [-0.2, -0.15) is 13.2 Å². The molecule has 28 heavy (non-hydrogen) atoms. The molecular weight excluding hydrogens is 369 g/mol. The zero-order chi connectivity index (χ0) is 20.0. The molecule has 0 atom stereocenters. The summed E-state index contributed by atoms with van der Waals surface area (Å²) in [6.07, 6.45) is 0.191. The highest BCUT2D eigenvalue weighted by molar-refractivity contribution is 5.59. The first-order valence-corrected chi connectivity index (χ1v) is 8.43. The number of aliphatic hydroxyl groups is 1. The number of halogens is 3. The van der Waals surface area contributed by atoms with Gasteiger partial charge in [-0.3, -0.25) is 4.98 Å². The number of nitrogens with zero attached hydrogens (tertiary/aromatic N) is 3. The fourth-order valence-corrected chi connectivity index (χ4v) is 2.50. The lowest BCUT2D eigenvalue weighted by Gasteiger charge is -2.11. The number of benzene rings is 1. The van der Waals surface area contributed by atoms with Crippen LogP contribution >= 0.6 is 0 Å². The van der Waals surface area contributed by atoms with E-state index < -0.39 is 11.7 Å². The molecule has 0 fully saturated rings. The van der Waals surface area contributed by atoms with Crippen LogP contribution in [0.4, 0.5) is 19.1 Å². The summed E-state index contributed by atoms with van der Waals surface area (Å²) in [4.78, 5) is 11.9. The normalized spacial score (nSPS) is 11.7. The van der Waals surface area contributed by atoms with Gasteiger partial charge in [-0.1, -0.05) is 36.4 Å². The van der Waals surface area contributed by atoms with Gasteiger partial charge in [-0.25, -0.2) is 9.97 Å². The van der Waals surface area contributed by atoms with Crippen LogP contribution in [0.25, 0.3) is 17.3 Å². The van der Waals surface area contributed by atoms with E-state index in [1.54, 1.807) is 6.20 Å². The van der Waals surface area contributed by atoms with Crippen molar-refractivity contribution in [2.75, 3.05) is 11.9 Å². The molecule has 2 aromatic heterocycles. The second-order valence-corrected chi connectivity index (χ2v) is 5.84. The van der Waals surface area contributed by atoms with Gasteiger partial charge < -0.3 is 10.4 Å².